The molecular formula is C13H13ClN2O2S2. The molecule has 106 valence electrons. The predicted octanol–water partition coefficient (Wildman–Crippen LogP) is 2.81. The number of sulfonamides is 1. The van der Waals surface area contributed by atoms with E-state index in [1.165, 1.54) is 18.3 Å². The summed E-state index contributed by atoms with van der Waals surface area (Å²) in [5, 5.41) is 0.267. The van der Waals surface area contributed by atoms with E-state index in [0.29, 0.717) is 12.3 Å². The number of nitrogens with one attached hydrogen (secondary N) is 1. The van der Waals surface area contributed by atoms with Crippen molar-refractivity contribution in [3.63, 3.8) is 0 Å². The summed E-state index contributed by atoms with van der Waals surface area (Å²) in [6.45, 7) is 0.352. The third-order valence-electron chi connectivity index (χ3n) is 2.42. The monoisotopic (exact) mass is 328 g/mol. The highest BCUT2D eigenvalue weighted by atomic mass is 35.5. The van der Waals surface area contributed by atoms with Crippen molar-refractivity contribution < 1.29 is 8.42 Å². The van der Waals surface area contributed by atoms with Gasteiger partial charge in [-0.25, -0.2) is 18.1 Å². The molecule has 1 aromatic heterocycles. The Bertz CT molecular complexity index is 646. The number of hydrogen-bond donors (Lipinski definition) is 1. The number of nitrogens with zero attached hydrogens (tertiary/aromatic N) is 1. The normalized spacial score (nSPS) is 11.4. The Morgan fingerprint density at radius 3 is 2.55 bits per heavy atom. The van der Waals surface area contributed by atoms with Crippen molar-refractivity contribution in [3.05, 3.63) is 53.8 Å². The Morgan fingerprint density at radius 2 is 1.90 bits per heavy atom. The maximum Gasteiger partial charge on any atom is 0.242 e. The summed E-state index contributed by atoms with van der Waals surface area (Å²) in [6, 6.07) is 12.7. The van der Waals surface area contributed by atoms with Gasteiger partial charge in [0.2, 0.25) is 10.0 Å². The van der Waals surface area contributed by atoms with E-state index in [0.717, 1.165) is 4.90 Å². The van der Waals surface area contributed by atoms with Crippen LogP contribution in [0.1, 0.15) is 0 Å². The molecule has 1 N–H and O–H groups in total. The molecule has 0 saturated heterocycles. The highest BCUT2D eigenvalue weighted by Gasteiger charge is 2.13. The smallest absolute Gasteiger partial charge is 0.242 e. The van der Waals surface area contributed by atoms with Crippen molar-refractivity contribution in [2.45, 2.75) is 9.79 Å². The second-order valence-electron chi connectivity index (χ2n) is 3.88. The van der Waals surface area contributed by atoms with Gasteiger partial charge in [-0.1, -0.05) is 29.8 Å². The van der Waals surface area contributed by atoms with Crippen molar-refractivity contribution in [2.75, 3.05) is 12.3 Å². The Balaban J connectivity index is 1.85. The zero-order chi connectivity index (χ0) is 14.4. The molecule has 7 heteroatoms. The highest BCUT2D eigenvalue weighted by molar-refractivity contribution is 7.99. The lowest BCUT2D eigenvalue weighted by atomic mass is 10.4. The first-order chi connectivity index (χ1) is 9.58. The van der Waals surface area contributed by atoms with Gasteiger partial charge in [0.15, 0.2) is 0 Å². The quantitative estimate of drug-likeness (QED) is 0.503. The van der Waals surface area contributed by atoms with Crippen LogP contribution in [0.3, 0.4) is 0 Å². The predicted molar refractivity (Wildman–Crippen MR) is 81.6 cm³/mol. The number of pyridine rings is 1. The van der Waals surface area contributed by atoms with Gasteiger partial charge in [-0.2, -0.15) is 0 Å². The summed E-state index contributed by atoms with van der Waals surface area (Å²) in [6.07, 6.45) is 1.25. The summed E-state index contributed by atoms with van der Waals surface area (Å²) in [7, 11) is -3.52. The average molecular weight is 329 g/mol. The number of hydrogen-bond acceptors (Lipinski definition) is 4. The SMILES string of the molecule is O=S(=O)(NCCSc1ccccc1)c1ccc(Cl)nc1. The van der Waals surface area contributed by atoms with E-state index in [1.54, 1.807) is 11.8 Å². The molecule has 0 saturated carbocycles. The third kappa shape index (κ3) is 4.49. The molecule has 4 nitrogen and oxygen atoms in total. The van der Waals surface area contributed by atoms with Crippen molar-refractivity contribution in [1.29, 1.82) is 0 Å². The lowest BCUT2D eigenvalue weighted by Gasteiger charge is -2.06. The molecule has 0 aliphatic heterocycles. The molecule has 0 aliphatic carbocycles. The van der Waals surface area contributed by atoms with Crippen LogP contribution in [0.4, 0.5) is 0 Å². The van der Waals surface area contributed by atoms with Gasteiger partial charge < -0.3 is 0 Å². The summed E-state index contributed by atoms with van der Waals surface area (Å²) < 4.78 is 26.4. The van der Waals surface area contributed by atoms with E-state index in [4.69, 9.17) is 11.6 Å². The van der Waals surface area contributed by atoms with Crippen LogP contribution in [0.2, 0.25) is 5.15 Å². The van der Waals surface area contributed by atoms with Crippen LogP contribution in [-0.4, -0.2) is 25.7 Å². The molecule has 1 aromatic carbocycles. The Labute approximate surface area is 127 Å². The van der Waals surface area contributed by atoms with Gasteiger partial charge in [-0.15, -0.1) is 11.8 Å². The molecule has 1 heterocycles. The lowest BCUT2D eigenvalue weighted by molar-refractivity contribution is 0.584. The molecule has 0 aliphatic rings. The van der Waals surface area contributed by atoms with E-state index in [9.17, 15) is 8.42 Å². The molecule has 0 bridgehead atoms. The van der Waals surface area contributed by atoms with Crippen LogP contribution in [-0.2, 0) is 10.0 Å². The molecule has 2 aromatic rings. The van der Waals surface area contributed by atoms with Crippen molar-refractivity contribution in [1.82, 2.24) is 9.71 Å². The molecule has 0 fully saturated rings. The first kappa shape index (κ1) is 15.3. The summed E-state index contributed by atoms with van der Waals surface area (Å²) >= 11 is 7.22. The van der Waals surface area contributed by atoms with Gasteiger partial charge in [-0.3, -0.25) is 0 Å². The van der Waals surface area contributed by atoms with Gasteiger partial charge in [-0.05, 0) is 24.3 Å². The van der Waals surface area contributed by atoms with Crippen molar-refractivity contribution in [3.8, 4) is 0 Å². The molecular weight excluding hydrogens is 316 g/mol. The molecule has 0 amide bonds. The number of thioether (sulfide) groups is 1. The van der Waals surface area contributed by atoms with Crippen LogP contribution < -0.4 is 4.72 Å². The average Bonchev–Trinajstić information content (AvgIpc) is 2.45. The van der Waals surface area contributed by atoms with E-state index < -0.39 is 10.0 Å². The Morgan fingerprint density at radius 1 is 1.15 bits per heavy atom. The zero-order valence-electron chi connectivity index (χ0n) is 10.5. The summed E-state index contributed by atoms with van der Waals surface area (Å²) in [5.41, 5.74) is 0. The molecule has 0 spiro atoms. The fraction of sp³-hybridized carbons (Fsp3) is 0.154. The standard InChI is InChI=1S/C13H13ClN2O2S2/c14-13-7-6-12(10-15-13)20(17,18)16-8-9-19-11-4-2-1-3-5-11/h1-7,10,16H,8-9H2. The lowest BCUT2D eigenvalue weighted by Crippen LogP contribution is -2.26. The maximum atomic E-state index is 12.0. The minimum Gasteiger partial charge on any atom is -0.243 e. The van der Waals surface area contributed by atoms with E-state index in [2.05, 4.69) is 9.71 Å². The van der Waals surface area contributed by atoms with E-state index in [1.807, 2.05) is 30.3 Å². The molecule has 2 rings (SSSR count). The number of halogens is 1. The van der Waals surface area contributed by atoms with Gasteiger partial charge in [0.1, 0.15) is 10.0 Å². The first-order valence-corrected chi connectivity index (χ1v) is 8.72. The first-order valence-electron chi connectivity index (χ1n) is 5.87. The summed E-state index contributed by atoms with van der Waals surface area (Å²) in [4.78, 5) is 4.99. The second-order valence-corrected chi connectivity index (χ2v) is 7.20. The van der Waals surface area contributed by atoms with E-state index >= 15 is 0 Å². The Kier molecular flexibility index (Phi) is 5.42. The van der Waals surface area contributed by atoms with Crippen molar-refractivity contribution in [2.24, 2.45) is 0 Å². The van der Waals surface area contributed by atoms with Crippen molar-refractivity contribution >= 4 is 33.4 Å². The molecule has 0 atom stereocenters. The number of rotatable bonds is 6. The van der Waals surface area contributed by atoms with Gasteiger partial charge >= 0.3 is 0 Å². The van der Waals surface area contributed by atoms with Gasteiger partial charge in [0.25, 0.3) is 0 Å². The largest absolute Gasteiger partial charge is 0.243 e. The maximum absolute atomic E-state index is 12.0. The van der Waals surface area contributed by atoms with Crippen LogP contribution in [0.25, 0.3) is 0 Å². The minimum atomic E-state index is -3.52. The van der Waals surface area contributed by atoms with Gasteiger partial charge in [0, 0.05) is 23.4 Å². The fourth-order valence-electron chi connectivity index (χ4n) is 1.47. The molecule has 0 unspecified atom stereocenters. The van der Waals surface area contributed by atoms with E-state index in [-0.39, 0.29) is 10.0 Å². The number of benzene rings is 1. The second kappa shape index (κ2) is 7.08. The number of aromatic nitrogens is 1. The minimum absolute atomic E-state index is 0.117. The Hall–Kier alpha value is -1.08. The third-order valence-corrected chi connectivity index (χ3v) is 5.10. The molecule has 20 heavy (non-hydrogen) atoms. The fourth-order valence-corrected chi connectivity index (χ4v) is 3.47. The van der Waals surface area contributed by atoms with Gasteiger partial charge in [0.05, 0.1) is 0 Å². The topological polar surface area (TPSA) is 59.1 Å². The van der Waals surface area contributed by atoms with Crippen LogP contribution >= 0.6 is 23.4 Å². The van der Waals surface area contributed by atoms with Crippen LogP contribution in [0, 0.1) is 0 Å². The van der Waals surface area contributed by atoms with Crippen LogP contribution in [0.5, 0.6) is 0 Å². The molecule has 0 radical (unpaired) electrons. The zero-order valence-corrected chi connectivity index (χ0v) is 12.9. The van der Waals surface area contributed by atoms with Crippen LogP contribution in [0.15, 0.2) is 58.5 Å². The highest BCUT2D eigenvalue weighted by Crippen LogP contribution is 2.16. The summed E-state index contributed by atoms with van der Waals surface area (Å²) in [5.74, 6) is 0.657.